The second-order valence-electron chi connectivity index (χ2n) is 10.0. The summed E-state index contributed by atoms with van der Waals surface area (Å²) < 4.78 is 16.1. The molecular weight excluding hydrogens is 582 g/mol. The van der Waals surface area contributed by atoms with Crippen LogP contribution in [0.3, 0.4) is 0 Å². The molecule has 1 aliphatic heterocycles. The third-order valence-electron chi connectivity index (χ3n) is 7.01. The number of carbonyl (C=O) groups excluding carboxylic acids is 1. The second-order valence-corrected chi connectivity index (χ2v) is 10.0. The number of anilines is 1. The second kappa shape index (κ2) is 20.6. The van der Waals surface area contributed by atoms with Crippen LogP contribution in [-0.2, 0) is 14.2 Å². The number of amides is 2. The summed E-state index contributed by atoms with van der Waals surface area (Å²) in [6.07, 6.45) is -0.847. The van der Waals surface area contributed by atoms with Crippen LogP contribution in [0.5, 0.6) is 0 Å². The lowest BCUT2D eigenvalue weighted by molar-refractivity contribution is 0.0166. The van der Waals surface area contributed by atoms with Gasteiger partial charge in [-0.2, -0.15) is 10.2 Å². The molecule has 0 spiro atoms. The molecule has 244 valence electrons. The number of ether oxygens (including phenoxy) is 3. The first-order valence-corrected chi connectivity index (χ1v) is 15.1. The maximum Gasteiger partial charge on any atom is 0.407 e. The number of hydrogen-bond acceptors (Lipinski definition) is 10. The Kier molecular flexibility index (Phi) is 16.2. The number of nitrogens with one attached hydrogen (secondary N) is 1. The van der Waals surface area contributed by atoms with E-state index in [-0.39, 0.29) is 5.91 Å². The first-order valence-electron chi connectivity index (χ1n) is 15.1. The lowest BCUT2D eigenvalue weighted by Gasteiger charge is -2.34. The number of rotatable bonds is 20. The van der Waals surface area contributed by atoms with Crippen molar-refractivity contribution in [3.63, 3.8) is 0 Å². The van der Waals surface area contributed by atoms with Crippen LogP contribution in [-0.4, -0.2) is 125 Å². The summed E-state index contributed by atoms with van der Waals surface area (Å²) in [7, 11) is 0. The molecule has 1 fully saturated rings. The van der Waals surface area contributed by atoms with E-state index < -0.39 is 6.09 Å². The summed E-state index contributed by atoms with van der Waals surface area (Å²) in [6.45, 7) is 10.4. The summed E-state index contributed by atoms with van der Waals surface area (Å²) in [5.41, 5.74) is 11.1. The SMILES string of the molecule is CCN(CCN1CCN(C(=O)O)CC1)c1ccc(/N=N/c2ccc(C(=O)NCCOCCOCCOCCN=[N+]=[N-])cc2)cc1. The monoisotopic (exact) mass is 625 g/mol. The van der Waals surface area contributed by atoms with E-state index in [2.05, 4.69) is 42.3 Å². The van der Waals surface area contributed by atoms with Crippen LogP contribution >= 0.6 is 0 Å². The number of likely N-dealkylation sites (N-methyl/N-ethyl adjacent to an activating group) is 1. The van der Waals surface area contributed by atoms with Crippen molar-refractivity contribution in [1.29, 1.82) is 0 Å². The van der Waals surface area contributed by atoms with E-state index in [1.807, 2.05) is 24.3 Å². The Morgan fingerprint density at radius 3 is 2.04 bits per heavy atom. The summed E-state index contributed by atoms with van der Waals surface area (Å²) >= 11 is 0. The topological polar surface area (TPSA) is 177 Å². The first-order chi connectivity index (χ1) is 22.0. The molecule has 0 unspecified atom stereocenters. The van der Waals surface area contributed by atoms with Crippen molar-refractivity contribution in [3.8, 4) is 0 Å². The van der Waals surface area contributed by atoms with E-state index in [0.29, 0.717) is 77.1 Å². The molecule has 1 saturated heterocycles. The van der Waals surface area contributed by atoms with Crippen molar-refractivity contribution in [1.82, 2.24) is 15.1 Å². The molecule has 0 atom stereocenters. The smallest absolute Gasteiger partial charge is 0.407 e. The van der Waals surface area contributed by atoms with Crippen LogP contribution < -0.4 is 10.2 Å². The normalized spacial score (nSPS) is 13.5. The predicted octanol–water partition coefficient (Wildman–Crippen LogP) is 4.31. The minimum Gasteiger partial charge on any atom is -0.465 e. The number of carboxylic acid groups (broad SMARTS) is 1. The Balaban J connectivity index is 1.31. The van der Waals surface area contributed by atoms with Gasteiger partial charge in [0, 0.05) is 75.1 Å². The number of nitrogens with zero attached hydrogens (tertiary/aromatic N) is 8. The van der Waals surface area contributed by atoms with Gasteiger partial charge in [0.2, 0.25) is 0 Å². The molecule has 0 aliphatic carbocycles. The highest BCUT2D eigenvalue weighted by Gasteiger charge is 2.20. The molecule has 2 aromatic rings. The molecule has 15 heteroatoms. The van der Waals surface area contributed by atoms with E-state index in [1.165, 1.54) is 4.90 Å². The molecule has 2 aromatic carbocycles. The average molecular weight is 626 g/mol. The minimum atomic E-state index is -0.847. The number of piperazine rings is 1. The molecular formula is C30H43N9O6. The molecule has 0 radical (unpaired) electrons. The van der Waals surface area contributed by atoms with Gasteiger partial charge in [-0.05, 0) is 61.0 Å². The van der Waals surface area contributed by atoms with Crippen LogP contribution in [0.4, 0.5) is 21.9 Å². The molecule has 1 aliphatic rings. The fraction of sp³-hybridized carbons (Fsp3) is 0.533. The van der Waals surface area contributed by atoms with Crippen LogP contribution in [0.25, 0.3) is 10.4 Å². The zero-order valence-corrected chi connectivity index (χ0v) is 25.8. The molecule has 0 bridgehead atoms. The van der Waals surface area contributed by atoms with Crippen molar-refractivity contribution < 1.29 is 28.9 Å². The maximum absolute atomic E-state index is 12.4. The molecule has 45 heavy (non-hydrogen) atoms. The van der Waals surface area contributed by atoms with Crippen molar-refractivity contribution in [3.05, 3.63) is 64.5 Å². The van der Waals surface area contributed by atoms with Crippen LogP contribution in [0, 0.1) is 0 Å². The molecule has 3 rings (SSSR count). The van der Waals surface area contributed by atoms with E-state index in [4.69, 9.17) is 24.8 Å². The fourth-order valence-electron chi connectivity index (χ4n) is 4.45. The molecule has 0 aromatic heterocycles. The van der Waals surface area contributed by atoms with Gasteiger partial charge in [0.15, 0.2) is 0 Å². The minimum absolute atomic E-state index is 0.199. The highest BCUT2D eigenvalue weighted by Crippen LogP contribution is 2.23. The Morgan fingerprint density at radius 2 is 1.47 bits per heavy atom. The van der Waals surface area contributed by atoms with Crippen LogP contribution in [0.2, 0.25) is 0 Å². The maximum atomic E-state index is 12.4. The highest BCUT2D eigenvalue weighted by molar-refractivity contribution is 5.94. The van der Waals surface area contributed by atoms with Crippen molar-refractivity contribution in [2.75, 3.05) is 103 Å². The largest absolute Gasteiger partial charge is 0.465 e. The number of carbonyl (C=O) groups is 2. The van der Waals surface area contributed by atoms with Crippen molar-refractivity contribution in [2.45, 2.75) is 6.92 Å². The predicted molar refractivity (Wildman–Crippen MR) is 170 cm³/mol. The van der Waals surface area contributed by atoms with Gasteiger partial charge in [-0.15, -0.1) is 0 Å². The average Bonchev–Trinajstić information content (AvgIpc) is 3.07. The van der Waals surface area contributed by atoms with Crippen LogP contribution in [0.15, 0.2) is 63.9 Å². The third kappa shape index (κ3) is 13.5. The third-order valence-corrected chi connectivity index (χ3v) is 7.01. The standard InChI is InChI=1S/C30H43N9O6/c1-2-38(16-13-37-14-17-39(18-15-37)30(41)42)28-9-7-27(8-10-28)35-34-26-5-3-25(4-6-26)29(40)32-11-19-43-21-23-45-24-22-44-20-12-33-36-31/h3-10H,2,11-24H2,1H3,(H,32,40)(H,41,42)/b35-34+. The Hall–Kier alpha value is -4.27. The molecule has 2 amide bonds. The van der Waals surface area contributed by atoms with Gasteiger partial charge in [0.05, 0.1) is 51.0 Å². The van der Waals surface area contributed by atoms with Crippen molar-refractivity contribution >= 4 is 29.1 Å². The van der Waals surface area contributed by atoms with E-state index >= 15 is 0 Å². The molecule has 2 N–H and O–H groups in total. The zero-order valence-electron chi connectivity index (χ0n) is 25.8. The Labute approximate surface area is 263 Å². The fourth-order valence-corrected chi connectivity index (χ4v) is 4.45. The van der Waals surface area contributed by atoms with E-state index in [0.717, 1.165) is 44.1 Å². The summed E-state index contributed by atoms with van der Waals surface area (Å²) in [5, 5.41) is 23.9. The van der Waals surface area contributed by atoms with Gasteiger partial charge in [-0.1, -0.05) is 5.11 Å². The summed E-state index contributed by atoms with van der Waals surface area (Å²) in [6, 6.07) is 14.8. The van der Waals surface area contributed by atoms with Gasteiger partial charge in [0.1, 0.15) is 0 Å². The van der Waals surface area contributed by atoms with Gasteiger partial charge >= 0.3 is 6.09 Å². The molecule has 0 saturated carbocycles. The quantitative estimate of drug-likeness (QED) is 0.0946. The lowest BCUT2D eigenvalue weighted by Crippen LogP contribution is -2.50. The highest BCUT2D eigenvalue weighted by atomic mass is 16.5. The number of azo groups is 1. The summed E-state index contributed by atoms with van der Waals surface area (Å²) in [5.74, 6) is -0.199. The van der Waals surface area contributed by atoms with Crippen LogP contribution in [0.1, 0.15) is 17.3 Å². The van der Waals surface area contributed by atoms with Gasteiger partial charge < -0.3 is 34.4 Å². The van der Waals surface area contributed by atoms with Crippen molar-refractivity contribution in [2.24, 2.45) is 15.3 Å². The van der Waals surface area contributed by atoms with Gasteiger partial charge in [0.25, 0.3) is 5.91 Å². The van der Waals surface area contributed by atoms with E-state index in [9.17, 15) is 9.59 Å². The molecule has 1 heterocycles. The molecule has 15 nitrogen and oxygen atoms in total. The number of benzene rings is 2. The number of hydrogen-bond donors (Lipinski definition) is 2. The lowest BCUT2D eigenvalue weighted by atomic mass is 10.2. The number of azide groups is 1. The van der Waals surface area contributed by atoms with E-state index in [1.54, 1.807) is 24.3 Å². The Bertz CT molecular complexity index is 1230. The summed E-state index contributed by atoms with van der Waals surface area (Å²) in [4.78, 5) is 32.2. The first kappa shape index (κ1) is 35.2. The van der Waals surface area contributed by atoms with Gasteiger partial charge in [-0.3, -0.25) is 9.69 Å². The Morgan fingerprint density at radius 1 is 0.889 bits per heavy atom. The van der Waals surface area contributed by atoms with Gasteiger partial charge in [-0.25, -0.2) is 4.79 Å². The zero-order chi connectivity index (χ0) is 32.1.